The molecule has 102 valence electrons. The number of anilines is 1. The van der Waals surface area contributed by atoms with E-state index in [9.17, 15) is 4.79 Å². The van der Waals surface area contributed by atoms with Gasteiger partial charge in [-0.2, -0.15) is 0 Å². The lowest BCUT2D eigenvalue weighted by Gasteiger charge is -2.18. The van der Waals surface area contributed by atoms with Gasteiger partial charge in [-0.05, 0) is 31.2 Å². The molecule has 0 saturated heterocycles. The summed E-state index contributed by atoms with van der Waals surface area (Å²) in [5.74, 6) is 0.773. The SMILES string of the molecule is C=CC(/C=C/C)SC(=O)N(C)c1ccc(OC)cc1. The second kappa shape index (κ2) is 7.69. The number of carbonyl (C=O) groups excluding carboxylic acids is 1. The van der Waals surface area contributed by atoms with E-state index in [1.165, 1.54) is 11.8 Å². The van der Waals surface area contributed by atoms with E-state index in [0.29, 0.717) is 0 Å². The molecule has 0 fully saturated rings. The summed E-state index contributed by atoms with van der Waals surface area (Å²) in [5.41, 5.74) is 0.835. The predicted molar refractivity (Wildman–Crippen MR) is 83.2 cm³/mol. The Morgan fingerprint density at radius 3 is 2.53 bits per heavy atom. The van der Waals surface area contributed by atoms with Crippen molar-refractivity contribution in [2.24, 2.45) is 0 Å². The topological polar surface area (TPSA) is 29.5 Å². The first-order valence-corrected chi connectivity index (χ1v) is 6.84. The van der Waals surface area contributed by atoms with Gasteiger partial charge >= 0.3 is 0 Å². The van der Waals surface area contributed by atoms with Crippen LogP contribution < -0.4 is 9.64 Å². The maximum atomic E-state index is 12.1. The molecule has 0 heterocycles. The summed E-state index contributed by atoms with van der Waals surface area (Å²) >= 11 is 1.23. The number of rotatable bonds is 5. The van der Waals surface area contributed by atoms with Gasteiger partial charge in [-0.15, -0.1) is 6.58 Å². The second-order valence-corrected chi connectivity index (χ2v) is 5.00. The Labute approximate surface area is 118 Å². The van der Waals surface area contributed by atoms with E-state index < -0.39 is 0 Å². The summed E-state index contributed by atoms with van der Waals surface area (Å²) in [6.45, 7) is 5.65. The highest BCUT2D eigenvalue weighted by Gasteiger charge is 2.14. The average molecular weight is 277 g/mol. The van der Waals surface area contributed by atoms with E-state index in [-0.39, 0.29) is 10.5 Å². The molecule has 3 nitrogen and oxygen atoms in total. The zero-order valence-corrected chi connectivity index (χ0v) is 12.3. The number of nitrogens with zero attached hydrogens (tertiary/aromatic N) is 1. The first-order valence-electron chi connectivity index (χ1n) is 5.96. The van der Waals surface area contributed by atoms with E-state index in [1.54, 1.807) is 25.1 Å². The molecule has 0 aromatic heterocycles. The maximum absolute atomic E-state index is 12.1. The lowest BCUT2D eigenvalue weighted by Crippen LogP contribution is -2.23. The van der Waals surface area contributed by atoms with Crippen LogP contribution in [0.4, 0.5) is 10.5 Å². The first-order chi connectivity index (χ1) is 9.12. The lowest BCUT2D eigenvalue weighted by molar-refractivity contribution is 0.266. The number of thioether (sulfide) groups is 1. The summed E-state index contributed by atoms with van der Waals surface area (Å²) in [5, 5.41) is -0.0219. The van der Waals surface area contributed by atoms with E-state index in [0.717, 1.165) is 11.4 Å². The molecule has 19 heavy (non-hydrogen) atoms. The lowest BCUT2D eigenvalue weighted by atomic mass is 10.3. The largest absolute Gasteiger partial charge is 0.497 e. The van der Waals surface area contributed by atoms with Crippen LogP contribution in [0.15, 0.2) is 49.1 Å². The fraction of sp³-hybridized carbons (Fsp3) is 0.267. The smallest absolute Gasteiger partial charge is 0.286 e. The molecular weight excluding hydrogens is 258 g/mol. The maximum Gasteiger partial charge on any atom is 0.286 e. The molecule has 1 rings (SSSR count). The fourth-order valence-electron chi connectivity index (χ4n) is 1.46. The van der Waals surface area contributed by atoms with Gasteiger partial charge in [-0.1, -0.05) is 30.0 Å². The van der Waals surface area contributed by atoms with Crippen LogP contribution in [-0.2, 0) is 0 Å². The molecule has 0 N–H and O–H groups in total. The van der Waals surface area contributed by atoms with Crippen molar-refractivity contribution in [1.29, 1.82) is 0 Å². The second-order valence-electron chi connectivity index (χ2n) is 3.87. The molecule has 4 heteroatoms. The van der Waals surface area contributed by atoms with Crippen molar-refractivity contribution in [2.75, 3.05) is 19.1 Å². The highest BCUT2D eigenvalue weighted by molar-refractivity contribution is 8.14. The van der Waals surface area contributed by atoms with Crippen molar-refractivity contribution in [3.63, 3.8) is 0 Å². The normalized spacial score (nSPS) is 12.2. The molecule has 1 amide bonds. The fourth-order valence-corrected chi connectivity index (χ4v) is 2.29. The highest BCUT2D eigenvalue weighted by Crippen LogP contribution is 2.24. The summed E-state index contributed by atoms with van der Waals surface area (Å²) in [7, 11) is 3.37. The number of carbonyl (C=O) groups is 1. The van der Waals surface area contributed by atoms with Crippen LogP contribution in [0.3, 0.4) is 0 Å². The van der Waals surface area contributed by atoms with E-state index >= 15 is 0 Å². The Bertz CT molecular complexity index is 454. The third-order valence-electron chi connectivity index (χ3n) is 2.58. The molecule has 1 unspecified atom stereocenters. The Morgan fingerprint density at radius 1 is 1.42 bits per heavy atom. The summed E-state index contributed by atoms with van der Waals surface area (Å²) in [6, 6.07) is 7.38. The Morgan fingerprint density at radius 2 is 2.05 bits per heavy atom. The highest BCUT2D eigenvalue weighted by atomic mass is 32.2. The predicted octanol–water partition coefficient (Wildman–Crippen LogP) is 4.12. The minimum Gasteiger partial charge on any atom is -0.497 e. The molecule has 0 aliphatic heterocycles. The van der Waals surface area contributed by atoms with Gasteiger partial charge in [0.2, 0.25) is 0 Å². The third kappa shape index (κ3) is 4.48. The van der Waals surface area contributed by atoms with Crippen molar-refractivity contribution in [3.8, 4) is 5.75 Å². The van der Waals surface area contributed by atoms with Gasteiger partial charge in [-0.25, -0.2) is 0 Å². The molecule has 0 aliphatic carbocycles. The van der Waals surface area contributed by atoms with Crippen molar-refractivity contribution in [3.05, 3.63) is 49.1 Å². The van der Waals surface area contributed by atoms with Crippen molar-refractivity contribution in [1.82, 2.24) is 0 Å². The minimum atomic E-state index is -0.0202. The number of amides is 1. The van der Waals surface area contributed by atoms with E-state index in [2.05, 4.69) is 6.58 Å². The van der Waals surface area contributed by atoms with Crippen LogP contribution in [0.1, 0.15) is 6.92 Å². The third-order valence-corrected chi connectivity index (χ3v) is 3.68. The number of methoxy groups -OCH3 is 1. The molecule has 0 spiro atoms. The number of ether oxygens (including phenoxy) is 1. The van der Waals surface area contributed by atoms with Gasteiger partial charge in [0.25, 0.3) is 5.24 Å². The quantitative estimate of drug-likeness (QED) is 0.758. The van der Waals surface area contributed by atoms with Gasteiger partial charge in [0.1, 0.15) is 5.75 Å². The van der Waals surface area contributed by atoms with Crippen LogP contribution in [0, 0.1) is 0 Å². The zero-order chi connectivity index (χ0) is 14.3. The summed E-state index contributed by atoms with van der Waals surface area (Å²) < 4.78 is 5.09. The van der Waals surface area contributed by atoms with Gasteiger partial charge in [0.05, 0.1) is 7.11 Å². The van der Waals surface area contributed by atoms with Crippen molar-refractivity contribution >= 4 is 22.7 Å². The Balaban J connectivity index is 2.72. The van der Waals surface area contributed by atoms with Crippen molar-refractivity contribution in [2.45, 2.75) is 12.2 Å². The zero-order valence-electron chi connectivity index (χ0n) is 11.5. The van der Waals surface area contributed by atoms with E-state index in [1.807, 2.05) is 43.3 Å². The number of hydrogen-bond donors (Lipinski definition) is 0. The number of benzene rings is 1. The van der Waals surface area contributed by atoms with Crippen LogP contribution in [0.25, 0.3) is 0 Å². The molecule has 0 aliphatic rings. The summed E-state index contributed by atoms with van der Waals surface area (Å²) in [4.78, 5) is 13.7. The Kier molecular flexibility index (Phi) is 6.22. The van der Waals surface area contributed by atoms with Gasteiger partial charge in [0, 0.05) is 18.0 Å². The van der Waals surface area contributed by atoms with Gasteiger partial charge in [0.15, 0.2) is 0 Å². The van der Waals surface area contributed by atoms with Gasteiger partial charge in [-0.3, -0.25) is 4.79 Å². The molecule has 0 saturated carbocycles. The standard InChI is InChI=1S/C15H19NO2S/c1-5-7-14(6-2)19-15(17)16(3)12-8-10-13(18-4)11-9-12/h5-11,14H,2H2,1,3-4H3/b7-5+. The minimum absolute atomic E-state index is 0.00167. The molecule has 1 aromatic rings. The molecule has 1 aromatic carbocycles. The average Bonchev–Trinajstić information content (AvgIpc) is 2.45. The molecular formula is C15H19NO2S. The Hall–Kier alpha value is -1.68. The van der Waals surface area contributed by atoms with Crippen LogP contribution in [0.5, 0.6) is 5.75 Å². The molecule has 0 bridgehead atoms. The van der Waals surface area contributed by atoms with Crippen LogP contribution in [0.2, 0.25) is 0 Å². The van der Waals surface area contributed by atoms with Crippen LogP contribution in [-0.4, -0.2) is 24.6 Å². The first kappa shape index (κ1) is 15.4. The number of allylic oxidation sites excluding steroid dienone is 1. The van der Waals surface area contributed by atoms with Gasteiger partial charge < -0.3 is 9.64 Å². The molecule has 0 radical (unpaired) electrons. The number of hydrogen-bond acceptors (Lipinski definition) is 3. The molecule has 1 atom stereocenters. The van der Waals surface area contributed by atoms with Crippen molar-refractivity contribution < 1.29 is 9.53 Å². The monoisotopic (exact) mass is 277 g/mol. The summed E-state index contributed by atoms with van der Waals surface area (Å²) in [6.07, 6.45) is 5.61. The van der Waals surface area contributed by atoms with E-state index in [4.69, 9.17) is 4.74 Å². The van der Waals surface area contributed by atoms with Crippen LogP contribution >= 0.6 is 11.8 Å².